The first-order valence-electron chi connectivity index (χ1n) is 7.42. The summed E-state index contributed by atoms with van der Waals surface area (Å²) in [5.41, 5.74) is 4.63. The van der Waals surface area contributed by atoms with Gasteiger partial charge in [-0.3, -0.25) is 0 Å². The van der Waals surface area contributed by atoms with E-state index in [-0.39, 0.29) is 11.5 Å². The maximum atomic E-state index is 9.98. The van der Waals surface area contributed by atoms with Gasteiger partial charge in [0.25, 0.3) is 0 Å². The third-order valence-corrected chi connectivity index (χ3v) is 6.39. The van der Waals surface area contributed by atoms with Gasteiger partial charge in [-0.25, -0.2) is 0 Å². The molecule has 0 aliphatic rings. The molecule has 0 unspecified atom stereocenters. The summed E-state index contributed by atoms with van der Waals surface area (Å²) >= 11 is 14.3. The van der Waals surface area contributed by atoms with Gasteiger partial charge in [0.15, 0.2) is 0 Å². The van der Waals surface area contributed by atoms with E-state index in [1.165, 1.54) is 0 Å². The van der Waals surface area contributed by atoms with E-state index < -0.39 is 6.84 Å². The van der Waals surface area contributed by atoms with Crippen molar-refractivity contribution >= 4 is 63.7 Å². The molecule has 0 aliphatic carbocycles. The molecule has 2 N–H and O–H groups in total. The van der Waals surface area contributed by atoms with Crippen molar-refractivity contribution in [2.75, 3.05) is 0 Å². The van der Waals surface area contributed by atoms with Crippen LogP contribution in [-0.2, 0) is 11.6 Å². The minimum atomic E-state index is -1.00. The number of ether oxygens (including phenoxy) is 1. The van der Waals surface area contributed by atoms with Crippen LogP contribution in [-0.4, -0.2) is 10.2 Å². The average molecular weight is 602 g/mol. The van der Waals surface area contributed by atoms with Crippen molar-refractivity contribution in [3.8, 4) is 11.5 Å². The zero-order valence-corrected chi connectivity index (χ0v) is 20.5. The van der Waals surface area contributed by atoms with Crippen molar-refractivity contribution < 1.29 is 14.9 Å². The van der Waals surface area contributed by atoms with E-state index in [0.717, 1.165) is 33.4 Å². The van der Waals surface area contributed by atoms with Gasteiger partial charge in [-0.2, -0.15) is 0 Å². The molecule has 2 rings (SSSR count). The molecule has 0 spiro atoms. The smallest absolute Gasteiger partial charge is 0.206 e. The fourth-order valence-electron chi connectivity index (χ4n) is 2.53. The number of aromatic hydroxyl groups is 2. The lowest BCUT2D eigenvalue weighted by Crippen LogP contribution is -2.25. The van der Waals surface area contributed by atoms with Crippen molar-refractivity contribution in [3.63, 3.8) is 0 Å². The van der Waals surface area contributed by atoms with E-state index in [4.69, 9.17) is 4.74 Å². The molecule has 0 fully saturated rings. The number of phenolic OH excluding ortho intramolecular Hbond substituents is 2. The second-order valence-electron chi connectivity index (χ2n) is 6.05. The second-order valence-corrected chi connectivity index (χ2v) is 12.6. The summed E-state index contributed by atoms with van der Waals surface area (Å²) in [6.07, 6.45) is 0. The number of rotatable bonds is 4. The normalized spacial score (nSPS) is 12.5. The minimum absolute atomic E-state index is 0.272. The molecule has 0 saturated carbocycles. The van der Waals surface area contributed by atoms with Crippen molar-refractivity contribution in [1.82, 2.24) is 0 Å². The third kappa shape index (κ3) is 4.61. The molecule has 0 bridgehead atoms. The molecule has 0 amide bonds. The molecule has 7 heteroatoms. The van der Waals surface area contributed by atoms with Crippen molar-refractivity contribution in [2.45, 2.75) is 34.5 Å². The van der Waals surface area contributed by atoms with Gasteiger partial charge in [0.1, 0.15) is 11.5 Å². The Balaban J connectivity index is 2.42. The Morgan fingerprint density at radius 2 is 0.880 bits per heavy atom. The Morgan fingerprint density at radius 3 is 1.12 bits per heavy atom. The monoisotopic (exact) mass is 598 g/mol. The molecule has 0 aromatic heterocycles. The zero-order chi connectivity index (χ0) is 19.2. The fourth-order valence-corrected chi connectivity index (χ4v) is 5.28. The quantitative estimate of drug-likeness (QED) is 0.377. The highest BCUT2D eigenvalue weighted by atomic mass is 79.9. The highest BCUT2D eigenvalue weighted by Crippen LogP contribution is 2.52. The lowest BCUT2D eigenvalue weighted by atomic mass is 10.1. The Labute approximate surface area is 181 Å². The number of benzene rings is 2. The van der Waals surface area contributed by atoms with Crippen LogP contribution in [0.4, 0.5) is 0 Å². The molecular weight excluding hydrogens is 584 g/mol. The van der Waals surface area contributed by atoms with E-state index in [9.17, 15) is 10.2 Å². The fraction of sp³-hybridized carbons (Fsp3) is 0.333. The van der Waals surface area contributed by atoms with Crippen LogP contribution in [0.2, 0.25) is 0 Å². The molecule has 3 nitrogen and oxygen atoms in total. The van der Waals surface area contributed by atoms with E-state index in [1.807, 2.05) is 52.0 Å². The Bertz CT molecular complexity index is 702. The highest BCUT2D eigenvalue weighted by molar-refractivity contribution is 9.25. The molecule has 25 heavy (non-hydrogen) atoms. The maximum absolute atomic E-state index is 9.98. The number of alkyl halides is 4. The van der Waals surface area contributed by atoms with Crippen LogP contribution < -0.4 is 0 Å². The number of hydrogen-bond acceptors (Lipinski definition) is 3. The van der Waals surface area contributed by atoms with Gasteiger partial charge in [-0.1, -0.05) is 0 Å². The molecule has 136 valence electrons. The van der Waals surface area contributed by atoms with Gasteiger partial charge in [-0.15, -0.1) is 0 Å². The van der Waals surface area contributed by atoms with Crippen LogP contribution in [0.15, 0.2) is 24.3 Å². The van der Waals surface area contributed by atoms with E-state index in [2.05, 4.69) is 63.7 Å². The Morgan fingerprint density at radius 1 is 0.640 bits per heavy atom. The molecule has 0 aliphatic heterocycles. The van der Waals surface area contributed by atoms with Crippen LogP contribution in [0.3, 0.4) is 0 Å². The van der Waals surface area contributed by atoms with Crippen LogP contribution in [0.1, 0.15) is 33.4 Å². The number of phenols is 2. The van der Waals surface area contributed by atoms with Crippen molar-refractivity contribution in [3.05, 3.63) is 57.6 Å². The maximum Gasteiger partial charge on any atom is 0.206 e. The van der Waals surface area contributed by atoms with Gasteiger partial charge in [0.2, 0.25) is 6.84 Å². The first-order valence-corrected chi connectivity index (χ1v) is 10.6. The topological polar surface area (TPSA) is 49.7 Å². The van der Waals surface area contributed by atoms with Crippen LogP contribution in [0.5, 0.6) is 11.5 Å². The van der Waals surface area contributed by atoms with E-state index in [0.29, 0.717) is 0 Å². The summed E-state index contributed by atoms with van der Waals surface area (Å²) in [6, 6.07) is 7.37. The first kappa shape index (κ1) is 21.2. The predicted octanol–water partition coefficient (Wildman–Crippen LogP) is 6.85. The number of hydrogen-bond donors (Lipinski definition) is 2. The molecule has 0 saturated heterocycles. The summed E-state index contributed by atoms with van der Waals surface area (Å²) in [4.78, 5) is 0. The molecular formula is C18H18Br4O3. The van der Waals surface area contributed by atoms with Gasteiger partial charge in [0.05, 0.1) is 0 Å². The van der Waals surface area contributed by atoms with E-state index in [1.54, 1.807) is 0 Å². The first-order chi connectivity index (χ1) is 11.3. The van der Waals surface area contributed by atoms with Gasteiger partial charge < -0.3 is 14.9 Å². The van der Waals surface area contributed by atoms with Crippen LogP contribution in [0, 0.1) is 27.7 Å². The second kappa shape index (κ2) is 7.50. The Kier molecular flexibility index (Phi) is 6.37. The van der Waals surface area contributed by atoms with Crippen LogP contribution >= 0.6 is 63.7 Å². The zero-order valence-electron chi connectivity index (χ0n) is 14.1. The molecule has 2 aromatic rings. The molecule has 0 heterocycles. The van der Waals surface area contributed by atoms with Gasteiger partial charge in [0, 0.05) is 11.1 Å². The lowest BCUT2D eigenvalue weighted by Gasteiger charge is -2.32. The largest absolute Gasteiger partial charge is 0.507 e. The summed E-state index contributed by atoms with van der Waals surface area (Å²) in [5.74, 6) is 0.543. The van der Waals surface area contributed by atoms with Crippen LogP contribution in [0.25, 0.3) is 0 Å². The van der Waals surface area contributed by atoms with Gasteiger partial charge in [-0.05, 0) is 138 Å². The van der Waals surface area contributed by atoms with Gasteiger partial charge >= 0.3 is 0 Å². The van der Waals surface area contributed by atoms with Crippen molar-refractivity contribution in [1.29, 1.82) is 0 Å². The SMILES string of the molecule is Cc1cc(C(Br)(Br)OC(Br)(Br)c2cc(C)c(O)c(C)c2)cc(C)c1O. The summed E-state index contributed by atoms with van der Waals surface area (Å²) in [5, 5.41) is 20.0. The lowest BCUT2D eigenvalue weighted by molar-refractivity contribution is 0.0630. The number of aryl methyl sites for hydroxylation is 4. The summed E-state index contributed by atoms with van der Waals surface area (Å²) in [6.45, 7) is 7.35. The van der Waals surface area contributed by atoms with E-state index >= 15 is 0 Å². The standard InChI is InChI=1S/C18H18Br4O3/c1-9-5-13(6-10(2)15(9)23)17(19,20)25-18(21,22)14-7-11(3)16(24)12(4)8-14/h5-8,23-24H,1-4H3. The Hall–Kier alpha value is -0.0800. The predicted molar refractivity (Wildman–Crippen MR) is 115 cm³/mol. The number of halogens is 4. The highest BCUT2D eigenvalue weighted by Gasteiger charge is 2.39. The molecule has 0 radical (unpaired) electrons. The molecule has 2 aromatic carbocycles. The summed E-state index contributed by atoms with van der Waals surface area (Å²) < 4.78 is 4.19. The third-order valence-electron chi connectivity index (χ3n) is 3.91. The summed E-state index contributed by atoms with van der Waals surface area (Å²) in [7, 11) is 0. The molecule has 0 atom stereocenters. The average Bonchev–Trinajstić information content (AvgIpc) is 2.48. The van der Waals surface area contributed by atoms with Crippen molar-refractivity contribution in [2.24, 2.45) is 0 Å². The minimum Gasteiger partial charge on any atom is -0.507 e.